The molecule has 0 radical (unpaired) electrons. The van der Waals surface area contributed by atoms with E-state index < -0.39 is 0 Å². The lowest BCUT2D eigenvalue weighted by Crippen LogP contribution is -2.31. The van der Waals surface area contributed by atoms with Gasteiger partial charge in [0.1, 0.15) is 18.2 Å². The summed E-state index contributed by atoms with van der Waals surface area (Å²) in [7, 11) is 1.81. The van der Waals surface area contributed by atoms with Crippen LogP contribution in [-0.2, 0) is 16.5 Å². The molecule has 0 bridgehead atoms. The first kappa shape index (κ1) is 40.6. The van der Waals surface area contributed by atoms with Gasteiger partial charge in [-0.1, -0.05) is 141 Å². The lowest BCUT2D eigenvalue weighted by molar-refractivity contribution is -0.671. The molecule has 0 atom stereocenters. The Kier molecular flexibility index (Phi) is 27.3. The quantitative estimate of drug-likeness (QED) is 0.0369. The van der Waals surface area contributed by atoms with Crippen LogP contribution in [0.4, 0.5) is 0 Å². The second-order valence-corrected chi connectivity index (χ2v) is 12.7. The normalized spacial score (nSPS) is 11.5. The first-order valence-corrected chi connectivity index (χ1v) is 18.7. The zero-order valence-electron chi connectivity index (χ0n) is 29.5. The fourth-order valence-corrected chi connectivity index (χ4v) is 5.40. The first-order valence-electron chi connectivity index (χ1n) is 18.7. The molecule has 0 spiro atoms. The third-order valence-electron chi connectivity index (χ3n) is 8.25. The summed E-state index contributed by atoms with van der Waals surface area (Å²) >= 11 is 0. The molecule has 0 aliphatic carbocycles. The van der Waals surface area contributed by atoms with E-state index in [0.29, 0.717) is 24.3 Å². The molecule has 0 amide bonds. The van der Waals surface area contributed by atoms with Crippen LogP contribution in [-0.4, -0.2) is 25.2 Å². The van der Waals surface area contributed by atoms with Gasteiger partial charge >= 0.3 is 11.9 Å². The highest BCUT2D eigenvalue weighted by atomic mass is 16.5. The summed E-state index contributed by atoms with van der Waals surface area (Å²) in [6.45, 7) is 5.31. The highest BCUT2D eigenvalue weighted by molar-refractivity contribution is 5.94. The summed E-state index contributed by atoms with van der Waals surface area (Å²) in [5, 5.41) is 0. The van der Waals surface area contributed by atoms with Gasteiger partial charge in [-0.15, -0.1) is 0 Å². The van der Waals surface area contributed by atoms with Crippen molar-refractivity contribution in [1.29, 1.82) is 0 Å². The second kappa shape index (κ2) is 30.2. The maximum Gasteiger partial charge on any atom is 0.344 e. The van der Waals surface area contributed by atoms with Crippen LogP contribution in [0.2, 0.25) is 0 Å². The Labute approximate surface area is 277 Å². The highest BCUT2D eigenvalue weighted by Gasteiger charge is 2.18. The largest absolute Gasteiger partial charge is 0.462 e. The van der Waals surface area contributed by atoms with E-state index in [-0.39, 0.29) is 11.9 Å². The number of allylic oxidation sites excluding steroid dienone is 4. The summed E-state index contributed by atoms with van der Waals surface area (Å²) in [5.74, 6) is -0.764. The molecule has 1 rings (SSSR count). The van der Waals surface area contributed by atoms with Crippen molar-refractivity contribution < 1.29 is 23.6 Å². The van der Waals surface area contributed by atoms with Crippen LogP contribution in [0, 0.1) is 0 Å². The van der Waals surface area contributed by atoms with E-state index in [1.165, 1.54) is 128 Å². The van der Waals surface area contributed by atoms with E-state index in [0.717, 1.165) is 25.7 Å². The summed E-state index contributed by atoms with van der Waals surface area (Å²) in [4.78, 5) is 25.2. The standard InChI is InChI=1S/C40H68NO4/c1-4-6-8-10-12-14-16-18-20-22-24-26-28-30-32-44-39(42)37-34-38(36-41(3)35-37)40(43)45-33-31-29-27-25-23-21-19-17-15-13-11-9-7-5-2/h10-13,34-36H,4-9,14-33H2,1-3H3/q+1/b12-10-,13-11-. The molecule has 1 aromatic heterocycles. The van der Waals surface area contributed by atoms with Gasteiger partial charge in [-0.3, -0.25) is 0 Å². The molecule has 0 unspecified atom stereocenters. The van der Waals surface area contributed by atoms with Crippen LogP contribution in [0.15, 0.2) is 42.8 Å². The monoisotopic (exact) mass is 627 g/mol. The fourth-order valence-electron chi connectivity index (χ4n) is 5.40. The maximum absolute atomic E-state index is 12.6. The number of aromatic nitrogens is 1. The molecule has 5 heteroatoms. The molecule has 1 aromatic rings. The van der Waals surface area contributed by atoms with Crippen molar-refractivity contribution in [1.82, 2.24) is 0 Å². The number of aryl methyl sites for hydroxylation is 1. The minimum absolute atomic E-state index is 0.382. The third-order valence-corrected chi connectivity index (χ3v) is 8.25. The average molecular weight is 627 g/mol. The van der Waals surface area contributed by atoms with E-state index in [4.69, 9.17) is 9.47 Å². The molecular formula is C40H68NO4+. The number of carbonyl (C=O) groups is 2. The Morgan fingerprint density at radius 3 is 1.18 bits per heavy atom. The van der Waals surface area contributed by atoms with Gasteiger partial charge in [0.25, 0.3) is 0 Å². The summed E-state index contributed by atoms with van der Waals surface area (Å²) < 4.78 is 12.7. The third kappa shape index (κ3) is 24.5. The summed E-state index contributed by atoms with van der Waals surface area (Å²) in [6.07, 6.45) is 42.0. The van der Waals surface area contributed by atoms with Crippen molar-refractivity contribution in [2.75, 3.05) is 13.2 Å². The number of nitrogens with zero attached hydrogens (tertiary/aromatic N) is 1. The molecule has 45 heavy (non-hydrogen) atoms. The lowest BCUT2D eigenvalue weighted by Gasteiger charge is -2.07. The van der Waals surface area contributed by atoms with Gasteiger partial charge < -0.3 is 9.47 Å². The molecule has 0 N–H and O–H groups in total. The Morgan fingerprint density at radius 1 is 0.511 bits per heavy atom. The van der Waals surface area contributed by atoms with Crippen molar-refractivity contribution in [2.24, 2.45) is 7.05 Å². The number of rotatable bonds is 30. The Morgan fingerprint density at radius 2 is 0.822 bits per heavy atom. The minimum atomic E-state index is -0.382. The van der Waals surface area contributed by atoms with Gasteiger partial charge in [0.05, 0.1) is 13.2 Å². The van der Waals surface area contributed by atoms with Crippen molar-refractivity contribution >= 4 is 11.9 Å². The van der Waals surface area contributed by atoms with E-state index in [2.05, 4.69) is 38.2 Å². The highest BCUT2D eigenvalue weighted by Crippen LogP contribution is 2.13. The molecule has 0 aromatic carbocycles. The maximum atomic E-state index is 12.6. The molecule has 0 saturated carbocycles. The zero-order valence-corrected chi connectivity index (χ0v) is 29.5. The number of hydrogen-bond acceptors (Lipinski definition) is 4. The number of unbranched alkanes of at least 4 members (excludes halogenated alkanes) is 20. The van der Waals surface area contributed by atoms with E-state index >= 15 is 0 Å². The van der Waals surface area contributed by atoms with Gasteiger partial charge in [-0.05, 0) is 57.4 Å². The van der Waals surface area contributed by atoms with E-state index in [1.54, 1.807) is 23.0 Å². The van der Waals surface area contributed by atoms with Crippen LogP contribution in [0.1, 0.15) is 189 Å². The molecule has 0 aliphatic heterocycles. The number of ether oxygens (including phenoxy) is 2. The Hall–Kier alpha value is -2.43. The van der Waals surface area contributed by atoms with Gasteiger partial charge in [-0.25, -0.2) is 14.2 Å². The van der Waals surface area contributed by atoms with Crippen molar-refractivity contribution in [3.63, 3.8) is 0 Å². The van der Waals surface area contributed by atoms with E-state index in [9.17, 15) is 9.59 Å². The Bertz CT molecular complexity index is 853. The number of esters is 2. The molecule has 5 nitrogen and oxygen atoms in total. The smallest absolute Gasteiger partial charge is 0.344 e. The molecule has 0 fully saturated rings. The zero-order chi connectivity index (χ0) is 32.6. The minimum Gasteiger partial charge on any atom is -0.462 e. The fraction of sp³-hybridized carbons (Fsp3) is 0.725. The molecule has 1 heterocycles. The van der Waals surface area contributed by atoms with Crippen LogP contribution < -0.4 is 4.57 Å². The van der Waals surface area contributed by atoms with Gasteiger partial charge in [0.15, 0.2) is 12.4 Å². The van der Waals surface area contributed by atoms with Crippen LogP contribution >= 0.6 is 0 Å². The number of hydrogen-bond donors (Lipinski definition) is 0. The van der Waals surface area contributed by atoms with Crippen molar-refractivity contribution in [3.05, 3.63) is 53.9 Å². The molecule has 0 saturated heterocycles. The van der Waals surface area contributed by atoms with Gasteiger partial charge in [-0.2, -0.15) is 0 Å². The topological polar surface area (TPSA) is 56.5 Å². The van der Waals surface area contributed by atoms with Crippen LogP contribution in [0.5, 0.6) is 0 Å². The lowest BCUT2D eigenvalue weighted by atomic mass is 10.1. The predicted molar refractivity (Wildman–Crippen MR) is 189 cm³/mol. The number of pyridine rings is 1. The van der Waals surface area contributed by atoms with Crippen molar-refractivity contribution in [3.8, 4) is 0 Å². The average Bonchev–Trinajstić information content (AvgIpc) is 3.04. The van der Waals surface area contributed by atoms with Crippen LogP contribution in [0.25, 0.3) is 0 Å². The van der Waals surface area contributed by atoms with Crippen LogP contribution in [0.3, 0.4) is 0 Å². The first-order chi connectivity index (χ1) is 22.1. The molecule has 256 valence electrons. The van der Waals surface area contributed by atoms with Crippen molar-refractivity contribution in [2.45, 2.75) is 168 Å². The Balaban J connectivity index is 2.08. The molecular weight excluding hydrogens is 558 g/mol. The van der Waals surface area contributed by atoms with Gasteiger partial charge in [0, 0.05) is 0 Å². The van der Waals surface area contributed by atoms with Gasteiger partial charge in [0.2, 0.25) is 0 Å². The molecule has 0 aliphatic rings. The summed E-state index contributed by atoms with van der Waals surface area (Å²) in [6, 6.07) is 1.59. The number of carbonyl (C=O) groups excluding carboxylic acids is 2. The predicted octanol–water partition coefficient (Wildman–Crippen LogP) is 11.3. The second-order valence-electron chi connectivity index (χ2n) is 12.7. The SMILES string of the molecule is CCCC/C=C\CCCCCCCCCCOC(=O)c1cc(C(=O)OCCCCCCCCCC/C=C\CCCC)c[n+](C)c1. The van der Waals surface area contributed by atoms with E-state index in [1.807, 2.05) is 7.05 Å². The summed E-state index contributed by atoms with van der Waals surface area (Å²) in [5.41, 5.74) is 0.777.